The lowest BCUT2D eigenvalue weighted by Crippen LogP contribution is -2.18. The molecule has 0 saturated carbocycles. The number of carbonyl (C=O) groups is 2. The Morgan fingerprint density at radius 1 is 1.06 bits per heavy atom. The Hall–Kier alpha value is -1.58. The molecule has 0 rings (SSSR count). The van der Waals surface area contributed by atoms with Gasteiger partial charge in [0.15, 0.2) is 0 Å². The van der Waals surface area contributed by atoms with Crippen LogP contribution in [0.25, 0.3) is 0 Å². The van der Waals surface area contributed by atoms with Crippen molar-refractivity contribution >= 4 is 11.9 Å². The van der Waals surface area contributed by atoms with Gasteiger partial charge in [0.1, 0.15) is 6.61 Å². The van der Waals surface area contributed by atoms with Gasteiger partial charge in [-0.1, -0.05) is 17.2 Å². The van der Waals surface area contributed by atoms with E-state index in [1.165, 1.54) is 5.57 Å². The molecule has 96 valence electrons. The van der Waals surface area contributed by atoms with Crippen LogP contribution in [0.3, 0.4) is 0 Å². The standard InChI is InChI=1S/C13H20O4/c1-10(2)6-5-7-11(3)8-9-17-13(15)12(14)16-4/h6,8H,5,7,9H2,1-4H3/b11-8+. The Balaban J connectivity index is 3.88. The maximum Gasteiger partial charge on any atom is 0.417 e. The molecule has 0 amide bonds. The highest BCUT2D eigenvalue weighted by atomic mass is 16.6. The Labute approximate surface area is 102 Å². The van der Waals surface area contributed by atoms with Crippen molar-refractivity contribution in [2.75, 3.05) is 13.7 Å². The summed E-state index contributed by atoms with van der Waals surface area (Å²) in [6.07, 6.45) is 5.83. The van der Waals surface area contributed by atoms with Crippen molar-refractivity contribution in [2.24, 2.45) is 0 Å². The topological polar surface area (TPSA) is 52.6 Å². The predicted molar refractivity (Wildman–Crippen MR) is 65.4 cm³/mol. The lowest BCUT2D eigenvalue weighted by molar-refractivity contribution is -0.165. The van der Waals surface area contributed by atoms with Crippen LogP contribution in [0.1, 0.15) is 33.6 Å². The van der Waals surface area contributed by atoms with Crippen molar-refractivity contribution in [3.63, 3.8) is 0 Å². The van der Waals surface area contributed by atoms with E-state index in [-0.39, 0.29) is 6.61 Å². The van der Waals surface area contributed by atoms with Gasteiger partial charge in [0.05, 0.1) is 7.11 Å². The summed E-state index contributed by atoms with van der Waals surface area (Å²) >= 11 is 0. The van der Waals surface area contributed by atoms with E-state index in [0.717, 1.165) is 25.5 Å². The van der Waals surface area contributed by atoms with Crippen LogP contribution in [-0.2, 0) is 19.1 Å². The van der Waals surface area contributed by atoms with E-state index in [1.54, 1.807) is 6.08 Å². The van der Waals surface area contributed by atoms with Gasteiger partial charge >= 0.3 is 11.9 Å². The lowest BCUT2D eigenvalue weighted by atomic mass is 10.1. The monoisotopic (exact) mass is 240 g/mol. The second kappa shape index (κ2) is 8.56. The van der Waals surface area contributed by atoms with E-state index in [4.69, 9.17) is 0 Å². The van der Waals surface area contributed by atoms with Crippen molar-refractivity contribution in [1.29, 1.82) is 0 Å². The fraction of sp³-hybridized carbons (Fsp3) is 0.538. The fourth-order valence-corrected chi connectivity index (χ4v) is 1.09. The smallest absolute Gasteiger partial charge is 0.417 e. The number of esters is 2. The van der Waals surface area contributed by atoms with Crippen LogP contribution in [0.5, 0.6) is 0 Å². The first-order valence-corrected chi connectivity index (χ1v) is 5.51. The number of hydrogen-bond acceptors (Lipinski definition) is 4. The number of carbonyl (C=O) groups excluding carboxylic acids is 2. The summed E-state index contributed by atoms with van der Waals surface area (Å²) in [5.41, 5.74) is 2.41. The molecule has 4 nitrogen and oxygen atoms in total. The van der Waals surface area contributed by atoms with E-state index < -0.39 is 11.9 Å². The largest absolute Gasteiger partial charge is 0.461 e. The molecule has 0 fully saturated rings. The molecule has 0 spiro atoms. The summed E-state index contributed by atoms with van der Waals surface area (Å²) in [6, 6.07) is 0. The molecule has 0 aromatic carbocycles. The van der Waals surface area contributed by atoms with Gasteiger partial charge in [-0.15, -0.1) is 0 Å². The van der Waals surface area contributed by atoms with Gasteiger partial charge in [-0.3, -0.25) is 0 Å². The Bertz CT molecular complexity index is 322. The van der Waals surface area contributed by atoms with Crippen molar-refractivity contribution in [2.45, 2.75) is 33.6 Å². The molecule has 0 aliphatic carbocycles. The van der Waals surface area contributed by atoms with E-state index >= 15 is 0 Å². The zero-order valence-corrected chi connectivity index (χ0v) is 10.9. The van der Waals surface area contributed by atoms with Crippen LogP contribution in [0.15, 0.2) is 23.3 Å². The first-order chi connectivity index (χ1) is 7.97. The third-order valence-electron chi connectivity index (χ3n) is 2.09. The van der Waals surface area contributed by atoms with Crippen LogP contribution in [0.2, 0.25) is 0 Å². The molecule has 4 heteroatoms. The van der Waals surface area contributed by atoms with Gasteiger partial charge in [0, 0.05) is 0 Å². The summed E-state index contributed by atoms with van der Waals surface area (Å²) in [7, 11) is 1.14. The zero-order valence-electron chi connectivity index (χ0n) is 10.9. The third-order valence-corrected chi connectivity index (χ3v) is 2.09. The van der Waals surface area contributed by atoms with Gasteiger partial charge in [0.2, 0.25) is 0 Å². The van der Waals surface area contributed by atoms with Crippen molar-refractivity contribution in [3.8, 4) is 0 Å². The van der Waals surface area contributed by atoms with Crippen LogP contribution in [-0.4, -0.2) is 25.7 Å². The number of hydrogen-bond donors (Lipinski definition) is 0. The molecule has 0 bridgehead atoms. The molecule has 0 unspecified atom stereocenters. The van der Waals surface area contributed by atoms with E-state index in [0.29, 0.717) is 0 Å². The van der Waals surface area contributed by atoms with Gasteiger partial charge in [-0.05, 0) is 39.7 Å². The second-order valence-electron chi connectivity index (χ2n) is 3.96. The molecule has 0 aliphatic rings. The van der Waals surface area contributed by atoms with E-state index in [9.17, 15) is 9.59 Å². The average Bonchev–Trinajstić information content (AvgIpc) is 2.27. The Kier molecular flexibility index (Phi) is 7.76. The molecule has 0 N–H and O–H groups in total. The number of allylic oxidation sites excluding steroid dienone is 3. The normalized spacial score (nSPS) is 10.7. The zero-order chi connectivity index (χ0) is 13.3. The molecule has 0 atom stereocenters. The molecule has 0 aliphatic heterocycles. The summed E-state index contributed by atoms with van der Waals surface area (Å²) in [6.45, 7) is 6.17. The highest BCUT2D eigenvalue weighted by Gasteiger charge is 2.14. The minimum Gasteiger partial charge on any atom is -0.461 e. The molecule has 0 aromatic rings. The maximum absolute atomic E-state index is 10.9. The van der Waals surface area contributed by atoms with Gasteiger partial charge < -0.3 is 9.47 Å². The van der Waals surface area contributed by atoms with Crippen molar-refractivity contribution in [3.05, 3.63) is 23.3 Å². The van der Waals surface area contributed by atoms with Crippen LogP contribution < -0.4 is 0 Å². The summed E-state index contributed by atoms with van der Waals surface area (Å²) < 4.78 is 8.91. The minimum absolute atomic E-state index is 0.106. The van der Waals surface area contributed by atoms with Crippen LogP contribution >= 0.6 is 0 Å². The number of rotatable bonds is 5. The quantitative estimate of drug-likeness (QED) is 0.420. The highest BCUT2D eigenvalue weighted by molar-refractivity contribution is 6.29. The minimum atomic E-state index is -0.972. The van der Waals surface area contributed by atoms with Gasteiger partial charge in [-0.25, -0.2) is 9.59 Å². The van der Waals surface area contributed by atoms with Crippen molar-refractivity contribution < 1.29 is 19.1 Å². The van der Waals surface area contributed by atoms with Gasteiger partial charge in [0.25, 0.3) is 0 Å². The lowest BCUT2D eigenvalue weighted by Gasteiger charge is -2.01. The molecule has 0 aromatic heterocycles. The van der Waals surface area contributed by atoms with E-state index in [1.807, 2.05) is 6.92 Å². The Morgan fingerprint density at radius 3 is 2.24 bits per heavy atom. The molecule has 0 saturated heterocycles. The summed E-state index contributed by atoms with van der Waals surface area (Å²) in [5.74, 6) is -1.93. The first-order valence-electron chi connectivity index (χ1n) is 5.51. The third kappa shape index (κ3) is 8.25. The van der Waals surface area contributed by atoms with Crippen molar-refractivity contribution in [1.82, 2.24) is 0 Å². The number of methoxy groups -OCH3 is 1. The SMILES string of the molecule is COC(=O)C(=O)OC/C=C(\C)CCC=C(C)C. The average molecular weight is 240 g/mol. The van der Waals surface area contributed by atoms with Gasteiger partial charge in [-0.2, -0.15) is 0 Å². The summed E-state index contributed by atoms with van der Waals surface area (Å²) in [4.78, 5) is 21.6. The molecule has 17 heavy (non-hydrogen) atoms. The summed E-state index contributed by atoms with van der Waals surface area (Å²) in [5, 5.41) is 0. The highest BCUT2D eigenvalue weighted by Crippen LogP contribution is 2.06. The fourth-order valence-electron chi connectivity index (χ4n) is 1.09. The molecular formula is C13H20O4. The van der Waals surface area contributed by atoms with E-state index in [2.05, 4.69) is 29.4 Å². The first kappa shape index (κ1) is 15.4. The molecule has 0 heterocycles. The molecule has 0 radical (unpaired) electrons. The molecular weight excluding hydrogens is 220 g/mol. The predicted octanol–water partition coefficient (Wildman–Crippen LogP) is 2.40. The number of ether oxygens (including phenoxy) is 2. The van der Waals surface area contributed by atoms with Crippen LogP contribution in [0, 0.1) is 0 Å². The Morgan fingerprint density at radius 2 is 1.71 bits per heavy atom. The maximum atomic E-state index is 10.9. The second-order valence-corrected chi connectivity index (χ2v) is 3.96. The van der Waals surface area contributed by atoms with Crippen LogP contribution in [0.4, 0.5) is 0 Å².